The fourth-order valence-electron chi connectivity index (χ4n) is 2.85. The molecule has 0 radical (unpaired) electrons. The summed E-state index contributed by atoms with van der Waals surface area (Å²) in [6.07, 6.45) is 3.37. The standard InChI is InChI=1S/C14H24O2/c1-7-10-9-11(16-12(15)8-2)14(5,6)13(10,3)4/h8,10-11H,2,7,9H2,1,3-6H3/t10-,11-/m0/s1. The highest BCUT2D eigenvalue weighted by Gasteiger charge is 2.55. The van der Waals surface area contributed by atoms with E-state index in [9.17, 15) is 4.79 Å². The molecule has 0 aromatic carbocycles. The molecule has 0 aliphatic heterocycles. The van der Waals surface area contributed by atoms with Gasteiger partial charge in [0.05, 0.1) is 0 Å². The number of carbonyl (C=O) groups is 1. The second-order valence-electron chi connectivity index (χ2n) is 5.91. The molecule has 16 heavy (non-hydrogen) atoms. The molecule has 2 nitrogen and oxygen atoms in total. The Morgan fingerprint density at radius 1 is 1.38 bits per heavy atom. The van der Waals surface area contributed by atoms with Gasteiger partial charge in [0.1, 0.15) is 6.10 Å². The van der Waals surface area contributed by atoms with E-state index in [0.717, 1.165) is 12.8 Å². The first-order valence-corrected chi connectivity index (χ1v) is 6.10. The molecule has 1 aliphatic carbocycles. The van der Waals surface area contributed by atoms with Gasteiger partial charge < -0.3 is 4.74 Å². The summed E-state index contributed by atoms with van der Waals surface area (Å²) in [6.45, 7) is 14.6. The topological polar surface area (TPSA) is 26.3 Å². The zero-order chi connectivity index (χ0) is 12.6. The Labute approximate surface area is 99.1 Å². The highest BCUT2D eigenvalue weighted by molar-refractivity contribution is 5.81. The summed E-state index contributed by atoms with van der Waals surface area (Å²) in [6, 6.07) is 0. The molecule has 2 heteroatoms. The van der Waals surface area contributed by atoms with Crippen LogP contribution < -0.4 is 0 Å². The van der Waals surface area contributed by atoms with E-state index in [-0.39, 0.29) is 22.9 Å². The minimum Gasteiger partial charge on any atom is -0.459 e. The average molecular weight is 224 g/mol. The molecule has 0 amide bonds. The maximum atomic E-state index is 11.3. The van der Waals surface area contributed by atoms with Crippen LogP contribution in [0.3, 0.4) is 0 Å². The van der Waals surface area contributed by atoms with Crippen LogP contribution in [0.4, 0.5) is 0 Å². The van der Waals surface area contributed by atoms with Crippen LogP contribution in [0.2, 0.25) is 0 Å². The zero-order valence-electron chi connectivity index (χ0n) is 11.2. The monoisotopic (exact) mass is 224 g/mol. The van der Waals surface area contributed by atoms with Crippen LogP contribution in [0.25, 0.3) is 0 Å². The van der Waals surface area contributed by atoms with Gasteiger partial charge in [0.2, 0.25) is 0 Å². The quantitative estimate of drug-likeness (QED) is 0.541. The maximum Gasteiger partial charge on any atom is 0.330 e. The average Bonchev–Trinajstić information content (AvgIpc) is 2.37. The molecular weight excluding hydrogens is 200 g/mol. The summed E-state index contributed by atoms with van der Waals surface area (Å²) in [4.78, 5) is 11.3. The summed E-state index contributed by atoms with van der Waals surface area (Å²) in [5.41, 5.74) is 0.222. The minimum atomic E-state index is -0.300. The lowest BCUT2D eigenvalue weighted by atomic mass is 9.66. The Morgan fingerprint density at radius 3 is 2.31 bits per heavy atom. The van der Waals surface area contributed by atoms with Crippen LogP contribution in [0.15, 0.2) is 12.7 Å². The van der Waals surface area contributed by atoms with Crippen LogP contribution in [0.1, 0.15) is 47.5 Å². The van der Waals surface area contributed by atoms with E-state index in [1.54, 1.807) is 0 Å². The van der Waals surface area contributed by atoms with E-state index in [2.05, 4.69) is 41.2 Å². The number of hydrogen-bond donors (Lipinski definition) is 0. The molecule has 0 N–H and O–H groups in total. The maximum absolute atomic E-state index is 11.3. The van der Waals surface area contributed by atoms with Crippen molar-refractivity contribution in [3.8, 4) is 0 Å². The predicted octanol–water partition coefficient (Wildman–Crippen LogP) is 3.57. The van der Waals surface area contributed by atoms with Gasteiger partial charge in [0.25, 0.3) is 0 Å². The van der Waals surface area contributed by atoms with Crippen LogP contribution in [-0.4, -0.2) is 12.1 Å². The first-order chi connectivity index (χ1) is 7.27. The molecule has 1 fully saturated rings. The molecule has 0 bridgehead atoms. The Bertz CT molecular complexity index is 289. The molecule has 0 unspecified atom stereocenters. The molecule has 1 aliphatic rings. The van der Waals surface area contributed by atoms with Crippen molar-refractivity contribution < 1.29 is 9.53 Å². The summed E-state index contributed by atoms with van der Waals surface area (Å²) >= 11 is 0. The molecule has 0 aromatic rings. The summed E-state index contributed by atoms with van der Waals surface area (Å²) in [5.74, 6) is 0.316. The number of esters is 1. The largest absolute Gasteiger partial charge is 0.459 e. The number of hydrogen-bond acceptors (Lipinski definition) is 2. The molecule has 92 valence electrons. The zero-order valence-corrected chi connectivity index (χ0v) is 11.2. The Hall–Kier alpha value is -0.790. The fraction of sp³-hybridized carbons (Fsp3) is 0.786. The normalized spacial score (nSPS) is 31.1. The Morgan fingerprint density at radius 2 is 1.94 bits per heavy atom. The van der Waals surface area contributed by atoms with Crippen molar-refractivity contribution in [2.75, 3.05) is 0 Å². The SMILES string of the molecule is C=CC(=O)O[C@H]1C[C@H](CC)C(C)(C)C1(C)C. The van der Waals surface area contributed by atoms with E-state index in [1.165, 1.54) is 6.08 Å². The van der Waals surface area contributed by atoms with Gasteiger partial charge in [0, 0.05) is 11.5 Å². The Kier molecular flexibility index (Phi) is 3.51. The van der Waals surface area contributed by atoms with Gasteiger partial charge in [-0.05, 0) is 17.8 Å². The second-order valence-corrected chi connectivity index (χ2v) is 5.91. The number of carbonyl (C=O) groups excluding carboxylic acids is 1. The van der Waals surface area contributed by atoms with Crippen molar-refractivity contribution in [3.63, 3.8) is 0 Å². The molecule has 1 rings (SSSR count). The van der Waals surface area contributed by atoms with Crippen LogP contribution in [0.5, 0.6) is 0 Å². The third kappa shape index (κ3) is 1.90. The molecular formula is C14H24O2. The van der Waals surface area contributed by atoms with Gasteiger partial charge in [0.15, 0.2) is 0 Å². The second kappa shape index (κ2) is 4.23. The first-order valence-electron chi connectivity index (χ1n) is 6.10. The summed E-state index contributed by atoms with van der Waals surface area (Å²) in [5, 5.41) is 0. The predicted molar refractivity (Wildman–Crippen MR) is 66.0 cm³/mol. The molecule has 0 aromatic heterocycles. The van der Waals surface area contributed by atoms with Crippen LogP contribution in [0, 0.1) is 16.7 Å². The van der Waals surface area contributed by atoms with Gasteiger partial charge in [-0.1, -0.05) is 47.6 Å². The summed E-state index contributed by atoms with van der Waals surface area (Å²) < 4.78 is 5.49. The fourth-order valence-corrected chi connectivity index (χ4v) is 2.85. The lowest BCUT2D eigenvalue weighted by Gasteiger charge is -2.40. The minimum absolute atomic E-state index is 0.0120. The van der Waals surface area contributed by atoms with E-state index >= 15 is 0 Å². The lowest BCUT2D eigenvalue weighted by molar-refractivity contribution is -0.149. The molecule has 0 spiro atoms. The van der Waals surface area contributed by atoms with Crippen molar-refractivity contribution >= 4 is 5.97 Å². The smallest absolute Gasteiger partial charge is 0.330 e. The molecule has 1 saturated carbocycles. The highest BCUT2D eigenvalue weighted by Crippen LogP contribution is 2.57. The van der Waals surface area contributed by atoms with Gasteiger partial charge in [-0.25, -0.2) is 4.79 Å². The summed E-state index contributed by atoms with van der Waals surface area (Å²) in [7, 11) is 0. The Balaban J connectivity index is 2.90. The van der Waals surface area contributed by atoms with Crippen LogP contribution >= 0.6 is 0 Å². The number of ether oxygens (including phenoxy) is 1. The molecule has 0 heterocycles. The van der Waals surface area contributed by atoms with E-state index in [0.29, 0.717) is 5.92 Å². The van der Waals surface area contributed by atoms with Crippen molar-refractivity contribution in [1.29, 1.82) is 0 Å². The van der Waals surface area contributed by atoms with Crippen molar-refractivity contribution in [3.05, 3.63) is 12.7 Å². The van der Waals surface area contributed by atoms with Crippen molar-refractivity contribution in [2.24, 2.45) is 16.7 Å². The van der Waals surface area contributed by atoms with Crippen molar-refractivity contribution in [2.45, 2.75) is 53.6 Å². The van der Waals surface area contributed by atoms with Gasteiger partial charge in [-0.3, -0.25) is 0 Å². The van der Waals surface area contributed by atoms with Gasteiger partial charge in [-0.2, -0.15) is 0 Å². The van der Waals surface area contributed by atoms with E-state index in [4.69, 9.17) is 4.74 Å². The van der Waals surface area contributed by atoms with Gasteiger partial charge in [-0.15, -0.1) is 0 Å². The molecule has 0 saturated heterocycles. The van der Waals surface area contributed by atoms with Crippen LogP contribution in [-0.2, 0) is 9.53 Å². The third-order valence-electron chi connectivity index (χ3n) is 4.90. The molecule has 2 atom stereocenters. The third-order valence-corrected chi connectivity index (χ3v) is 4.90. The highest BCUT2D eigenvalue weighted by atomic mass is 16.5. The number of rotatable bonds is 3. The van der Waals surface area contributed by atoms with Crippen molar-refractivity contribution in [1.82, 2.24) is 0 Å². The first kappa shape index (κ1) is 13.3. The lowest BCUT2D eigenvalue weighted by Crippen LogP contribution is -2.38. The van der Waals surface area contributed by atoms with E-state index < -0.39 is 0 Å². The van der Waals surface area contributed by atoms with Gasteiger partial charge >= 0.3 is 5.97 Å². The van der Waals surface area contributed by atoms with E-state index in [1.807, 2.05) is 0 Å².